The summed E-state index contributed by atoms with van der Waals surface area (Å²) in [6.07, 6.45) is 14.6. The highest BCUT2D eigenvalue weighted by atomic mass is 31.2. The van der Waals surface area contributed by atoms with Crippen molar-refractivity contribution in [1.82, 2.24) is 0 Å². The Morgan fingerprint density at radius 2 is 1.48 bits per heavy atom. The van der Waals surface area contributed by atoms with E-state index in [1.165, 1.54) is 50.5 Å². The Morgan fingerprint density at radius 1 is 0.889 bits per heavy atom. The van der Waals surface area contributed by atoms with E-state index in [1.807, 2.05) is 24.3 Å². The summed E-state index contributed by atoms with van der Waals surface area (Å²) in [4.78, 5) is 10.2. The van der Waals surface area contributed by atoms with E-state index in [-0.39, 0.29) is 12.1 Å². The first-order chi connectivity index (χ1) is 13.0. The molecule has 0 radical (unpaired) electrons. The van der Waals surface area contributed by atoms with Gasteiger partial charge in [-0.05, 0) is 42.9 Å². The van der Waals surface area contributed by atoms with Crippen LogP contribution in [-0.2, 0) is 11.0 Å². The van der Waals surface area contributed by atoms with Gasteiger partial charge < -0.3 is 9.42 Å². The highest BCUT2D eigenvalue weighted by Gasteiger charge is 2.25. The topological polar surface area (TPSA) is 46.5 Å². The van der Waals surface area contributed by atoms with Crippen molar-refractivity contribution in [3.63, 3.8) is 0 Å². The first kappa shape index (κ1) is 24.2. The lowest BCUT2D eigenvalue weighted by atomic mass is 10.0. The van der Waals surface area contributed by atoms with Gasteiger partial charge in [-0.1, -0.05) is 90.7 Å². The third kappa shape index (κ3) is 11.6. The van der Waals surface area contributed by atoms with Crippen LogP contribution in [0, 0.1) is 5.92 Å². The fraction of sp³-hybridized carbons (Fsp3) is 0.739. The summed E-state index contributed by atoms with van der Waals surface area (Å²) in [5, 5.41) is 0. The second-order valence-corrected chi connectivity index (χ2v) is 9.67. The fourth-order valence-corrected chi connectivity index (χ4v) is 5.07. The minimum Gasteiger partial charge on any atom is -0.424 e. The van der Waals surface area contributed by atoms with Crippen molar-refractivity contribution >= 4 is 7.60 Å². The van der Waals surface area contributed by atoms with Crippen molar-refractivity contribution < 1.29 is 14.0 Å². The molecule has 1 aromatic rings. The smallest absolute Gasteiger partial charge is 0.376 e. The standard InChI is InChI=1S/C23H41O3P/c1-4-7-9-10-11-12-13-15-22-16-18-23(19-17-22)26-27(24,25)20-21(6-3)14-8-5-2/h16-19,21H,4-15,20H2,1-3H3,(H,24,25). The Hall–Kier alpha value is -0.790. The van der Waals surface area contributed by atoms with Crippen molar-refractivity contribution in [3.8, 4) is 5.75 Å². The molecule has 2 atom stereocenters. The lowest BCUT2D eigenvalue weighted by Gasteiger charge is -2.19. The third-order valence-electron chi connectivity index (χ3n) is 5.27. The molecule has 3 nitrogen and oxygen atoms in total. The number of hydrogen-bond acceptors (Lipinski definition) is 2. The molecule has 156 valence electrons. The molecule has 0 aromatic heterocycles. The van der Waals surface area contributed by atoms with Gasteiger partial charge in [-0.2, -0.15) is 0 Å². The predicted molar refractivity (Wildman–Crippen MR) is 117 cm³/mol. The van der Waals surface area contributed by atoms with Crippen LogP contribution in [0.15, 0.2) is 24.3 Å². The average Bonchev–Trinajstić information content (AvgIpc) is 2.65. The summed E-state index contributed by atoms with van der Waals surface area (Å²) in [5.74, 6) is 0.770. The molecule has 4 heteroatoms. The zero-order valence-corrected chi connectivity index (χ0v) is 18.7. The SMILES string of the molecule is CCCCCCCCCc1ccc(OP(=O)(O)CC(CC)CCCC)cc1. The van der Waals surface area contributed by atoms with Crippen molar-refractivity contribution in [2.75, 3.05) is 6.16 Å². The summed E-state index contributed by atoms with van der Waals surface area (Å²) < 4.78 is 17.9. The molecule has 1 aromatic carbocycles. The van der Waals surface area contributed by atoms with E-state index < -0.39 is 7.60 Å². The Bertz CT molecular complexity index is 527. The van der Waals surface area contributed by atoms with E-state index in [0.717, 1.165) is 32.1 Å². The van der Waals surface area contributed by atoms with Crippen LogP contribution in [-0.4, -0.2) is 11.1 Å². The summed E-state index contributed by atoms with van der Waals surface area (Å²) in [6.45, 7) is 6.48. The van der Waals surface area contributed by atoms with Gasteiger partial charge in [0.05, 0.1) is 6.16 Å². The maximum atomic E-state index is 12.5. The minimum atomic E-state index is -3.58. The molecule has 0 bridgehead atoms. The second kappa shape index (κ2) is 14.2. The second-order valence-electron chi connectivity index (χ2n) is 7.84. The van der Waals surface area contributed by atoms with Crippen LogP contribution in [0.3, 0.4) is 0 Å². The first-order valence-corrected chi connectivity index (χ1v) is 12.9. The van der Waals surface area contributed by atoms with E-state index in [4.69, 9.17) is 4.52 Å². The number of aryl methyl sites for hydroxylation is 1. The van der Waals surface area contributed by atoms with E-state index in [1.54, 1.807) is 0 Å². The lowest BCUT2D eigenvalue weighted by molar-refractivity contribution is 0.360. The van der Waals surface area contributed by atoms with E-state index >= 15 is 0 Å². The molecule has 1 N–H and O–H groups in total. The Balaban J connectivity index is 2.36. The molecule has 0 saturated carbocycles. The number of benzene rings is 1. The molecule has 0 fully saturated rings. The van der Waals surface area contributed by atoms with Crippen LogP contribution in [0.2, 0.25) is 0 Å². The maximum Gasteiger partial charge on any atom is 0.376 e. The quantitative estimate of drug-likeness (QED) is 0.229. The first-order valence-electron chi connectivity index (χ1n) is 11.1. The van der Waals surface area contributed by atoms with Gasteiger partial charge in [0.2, 0.25) is 0 Å². The van der Waals surface area contributed by atoms with Crippen LogP contribution in [0.5, 0.6) is 5.75 Å². The van der Waals surface area contributed by atoms with Crippen LogP contribution in [0.1, 0.15) is 97.0 Å². The Morgan fingerprint density at radius 3 is 2.07 bits per heavy atom. The molecular formula is C23H41O3P. The molecule has 0 saturated heterocycles. The van der Waals surface area contributed by atoms with Crippen molar-refractivity contribution in [1.29, 1.82) is 0 Å². The van der Waals surface area contributed by atoms with E-state index in [9.17, 15) is 9.46 Å². The van der Waals surface area contributed by atoms with E-state index in [0.29, 0.717) is 5.75 Å². The number of rotatable bonds is 16. The van der Waals surface area contributed by atoms with Crippen molar-refractivity contribution in [2.24, 2.45) is 5.92 Å². The highest BCUT2D eigenvalue weighted by molar-refractivity contribution is 7.53. The Kier molecular flexibility index (Phi) is 12.8. The number of hydrogen-bond donors (Lipinski definition) is 1. The molecule has 0 amide bonds. The van der Waals surface area contributed by atoms with Gasteiger partial charge in [0.15, 0.2) is 0 Å². The van der Waals surface area contributed by atoms with Crippen LogP contribution >= 0.6 is 7.60 Å². The normalized spacial score (nSPS) is 14.7. The van der Waals surface area contributed by atoms with Gasteiger partial charge in [-0.15, -0.1) is 0 Å². The summed E-state index contributed by atoms with van der Waals surface area (Å²) in [6, 6.07) is 7.74. The predicted octanol–water partition coefficient (Wildman–Crippen LogP) is 7.76. The molecule has 0 aliphatic heterocycles. The monoisotopic (exact) mass is 396 g/mol. The van der Waals surface area contributed by atoms with Crippen molar-refractivity contribution in [2.45, 2.75) is 97.8 Å². The van der Waals surface area contributed by atoms with Gasteiger partial charge in [0.1, 0.15) is 5.75 Å². The van der Waals surface area contributed by atoms with Gasteiger partial charge in [0.25, 0.3) is 0 Å². The molecule has 1 rings (SSSR count). The van der Waals surface area contributed by atoms with Gasteiger partial charge in [-0.3, -0.25) is 0 Å². The zero-order chi connectivity index (χ0) is 20.0. The largest absolute Gasteiger partial charge is 0.424 e. The average molecular weight is 397 g/mol. The molecule has 2 unspecified atom stereocenters. The number of unbranched alkanes of at least 4 members (excludes halogenated alkanes) is 7. The Labute approximate surface area is 167 Å². The zero-order valence-electron chi connectivity index (χ0n) is 17.8. The summed E-state index contributed by atoms with van der Waals surface area (Å²) in [7, 11) is -3.58. The third-order valence-corrected chi connectivity index (χ3v) is 6.75. The molecule has 0 aliphatic rings. The molecular weight excluding hydrogens is 355 g/mol. The van der Waals surface area contributed by atoms with Crippen LogP contribution in [0.25, 0.3) is 0 Å². The van der Waals surface area contributed by atoms with Gasteiger partial charge in [0, 0.05) is 0 Å². The van der Waals surface area contributed by atoms with Gasteiger partial charge >= 0.3 is 7.60 Å². The van der Waals surface area contributed by atoms with Crippen LogP contribution in [0.4, 0.5) is 0 Å². The van der Waals surface area contributed by atoms with Gasteiger partial charge in [-0.25, -0.2) is 4.57 Å². The molecule has 0 heterocycles. The minimum absolute atomic E-state index is 0.253. The molecule has 0 aliphatic carbocycles. The fourth-order valence-electron chi connectivity index (χ4n) is 3.45. The summed E-state index contributed by atoms with van der Waals surface area (Å²) in [5.41, 5.74) is 1.28. The molecule has 0 spiro atoms. The lowest BCUT2D eigenvalue weighted by Crippen LogP contribution is -2.09. The maximum absolute atomic E-state index is 12.5. The van der Waals surface area contributed by atoms with E-state index in [2.05, 4.69) is 20.8 Å². The highest BCUT2D eigenvalue weighted by Crippen LogP contribution is 2.45. The summed E-state index contributed by atoms with van der Waals surface area (Å²) >= 11 is 0. The van der Waals surface area contributed by atoms with Crippen molar-refractivity contribution in [3.05, 3.63) is 29.8 Å². The molecule has 27 heavy (non-hydrogen) atoms. The van der Waals surface area contributed by atoms with Crippen LogP contribution < -0.4 is 4.52 Å².